The van der Waals surface area contributed by atoms with Gasteiger partial charge in [-0.3, -0.25) is 14.9 Å². The first-order valence-electron chi connectivity index (χ1n) is 7.20. The van der Waals surface area contributed by atoms with Gasteiger partial charge in [0.05, 0.1) is 11.5 Å². The maximum Gasteiger partial charge on any atom is 0.273 e. The standard InChI is InChI=1S/C17H18N2O4/c1-12-3-7-15(8-4-12)23-10-9-18-17(20)14-6-5-13(2)16(11-14)19(21)22/h3-8,11H,9-10H2,1-2H3,(H,18,20). The number of amides is 1. The normalized spacial score (nSPS) is 10.2. The summed E-state index contributed by atoms with van der Waals surface area (Å²) < 4.78 is 5.51. The van der Waals surface area contributed by atoms with Crippen molar-refractivity contribution in [3.63, 3.8) is 0 Å². The Kier molecular flexibility index (Phi) is 5.30. The molecule has 0 unspecified atom stereocenters. The first-order chi connectivity index (χ1) is 11.0. The number of carbonyl (C=O) groups is 1. The van der Waals surface area contributed by atoms with E-state index in [1.807, 2.05) is 31.2 Å². The summed E-state index contributed by atoms with van der Waals surface area (Å²) in [4.78, 5) is 22.4. The summed E-state index contributed by atoms with van der Waals surface area (Å²) in [7, 11) is 0. The van der Waals surface area contributed by atoms with Crippen LogP contribution in [0.25, 0.3) is 0 Å². The number of rotatable bonds is 6. The highest BCUT2D eigenvalue weighted by Crippen LogP contribution is 2.19. The molecular weight excluding hydrogens is 296 g/mol. The minimum Gasteiger partial charge on any atom is -0.492 e. The van der Waals surface area contributed by atoms with Crippen LogP contribution in [0.4, 0.5) is 5.69 Å². The van der Waals surface area contributed by atoms with Gasteiger partial charge in [-0.2, -0.15) is 0 Å². The molecule has 6 heteroatoms. The fourth-order valence-electron chi connectivity index (χ4n) is 2.02. The van der Waals surface area contributed by atoms with Crippen LogP contribution in [0.15, 0.2) is 42.5 Å². The third-order valence-electron chi connectivity index (χ3n) is 3.35. The van der Waals surface area contributed by atoms with Gasteiger partial charge in [0.25, 0.3) is 11.6 Å². The zero-order valence-corrected chi connectivity index (χ0v) is 13.0. The van der Waals surface area contributed by atoms with Crippen molar-refractivity contribution < 1.29 is 14.5 Å². The van der Waals surface area contributed by atoms with E-state index in [0.29, 0.717) is 18.7 Å². The van der Waals surface area contributed by atoms with Gasteiger partial charge in [0.1, 0.15) is 12.4 Å². The largest absolute Gasteiger partial charge is 0.492 e. The van der Waals surface area contributed by atoms with Gasteiger partial charge < -0.3 is 10.1 Å². The smallest absolute Gasteiger partial charge is 0.273 e. The molecule has 0 bridgehead atoms. The molecule has 2 aromatic rings. The lowest BCUT2D eigenvalue weighted by atomic mass is 10.1. The Balaban J connectivity index is 1.86. The molecule has 120 valence electrons. The summed E-state index contributed by atoms with van der Waals surface area (Å²) in [5, 5.41) is 13.6. The predicted molar refractivity (Wildman–Crippen MR) is 86.8 cm³/mol. The first kappa shape index (κ1) is 16.5. The Morgan fingerprint density at radius 3 is 2.52 bits per heavy atom. The lowest BCUT2D eigenvalue weighted by molar-refractivity contribution is -0.385. The molecule has 0 spiro atoms. The maximum atomic E-state index is 12.0. The van der Waals surface area contributed by atoms with Gasteiger partial charge in [-0.1, -0.05) is 23.8 Å². The minimum absolute atomic E-state index is 0.0615. The molecule has 0 fully saturated rings. The number of hydrogen-bond acceptors (Lipinski definition) is 4. The van der Waals surface area contributed by atoms with Crippen molar-refractivity contribution in [1.82, 2.24) is 5.32 Å². The second-order valence-corrected chi connectivity index (χ2v) is 5.18. The number of ether oxygens (including phenoxy) is 1. The summed E-state index contributed by atoms with van der Waals surface area (Å²) in [6, 6.07) is 12.0. The van der Waals surface area contributed by atoms with Crippen LogP contribution in [-0.4, -0.2) is 24.0 Å². The molecule has 2 aromatic carbocycles. The highest BCUT2D eigenvalue weighted by molar-refractivity contribution is 5.94. The number of hydrogen-bond donors (Lipinski definition) is 1. The second-order valence-electron chi connectivity index (χ2n) is 5.18. The molecule has 1 amide bonds. The Morgan fingerprint density at radius 1 is 1.17 bits per heavy atom. The third kappa shape index (κ3) is 4.54. The second kappa shape index (κ2) is 7.40. The monoisotopic (exact) mass is 314 g/mol. The maximum absolute atomic E-state index is 12.0. The van der Waals surface area contributed by atoms with Crippen molar-refractivity contribution in [2.45, 2.75) is 13.8 Å². The van der Waals surface area contributed by atoms with E-state index in [-0.39, 0.29) is 17.2 Å². The molecule has 0 atom stereocenters. The minimum atomic E-state index is -0.493. The lowest BCUT2D eigenvalue weighted by Gasteiger charge is -2.08. The van der Waals surface area contributed by atoms with Gasteiger partial charge in [0.2, 0.25) is 0 Å². The Morgan fingerprint density at radius 2 is 1.87 bits per heavy atom. The van der Waals surface area contributed by atoms with Gasteiger partial charge in [0, 0.05) is 17.2 Å². The third-order valence-corrected chi connectivity index (χ3v) is 3.35. The van der Waals surface area contributed by atoms with Gasteiger partial charge in [0.15, 0.2) is 0 Å². The Labute approximate surface area is 134 Å². The molecule has 1 N–H and O–H groups in total. The van der Waals surface area contributed by atoms with E-state index in [0.717, 1.165) is 11.3 Å². The van der Waals surface area contributed by atoms with Crippen LogP contribution < -0.4 is 10.1 Å². The average molecular weight is 314 g/mol. The highest BCUT2D eigenvalue weighted by Gasteiger charge is 2.14. The molecule has 23 heavy (non-hydrogen) atoms. The predicted octanol–water partition coefficient (Wildman–Crippen LogP) is 3.02. The molecule has 0 aliphatic heterocycles. The number of aryl methyl sites for hydroxylation is 2. The summed E-state index contributed by atoms with van der Waals surface area (Å²) >= 11 is 0. The van der Waals surface area contributed by atoms with Crippen molar-refractivity contribution in [2.75, 3.05) is 13.2 Å². The summed E-state index contributed by atoms with van der Waals surface area (Å²) in [6.07, 6.45) is 0. The molecule has 0 aliphatic rings. The van der Waals surface area contributed by atoms with E-state index >= 15 is 0 Å². The van der Waals surface area contributed by atoms with E-state index < -0.39 is 4.92 Å². The van der Waals surface area contributed by atoms with Gasteiger partial charge in [-0.15, -0.1) is 0 Å². The molecule has 0 aromatic heterocycles. The van der Waals surface area contributed by atoms with Crippen LogP contribution in [0.5, 0.6) is 5.75 Å². The van der Waals surface area contributed by atoms with Crippen molar-refractivity contribution in [3.8, 4) is 5.75 Å². The number of nitrogens with one attached hydrogen (secondary N) is 1. The highest BCUT2D eigenvalue weighted by atomic mass is 16.6. The molecule has 0 saturated carbocycles. The number of nitrogens with zero attached hydrogens (tertiary/aromatic N) is 1. The molecule has 0 radical (unpaired) electrons. The van der Waals surface area contributed by atoms with Crippen LogP contribution in [0.2, 0.25) is 0 Å². The quantitative estimate of drug-likeness (QED) is 0.505. The number of nitro benzene ring substituents is 1. The Hall–Kier alpha value is -2.89. The summed E-state index contributed by atoms with van der Waals surface area (Å²) in [5.41, 5.74) is 1.87. The van der Waals surface area contributed by atoms with Crippen LogP contribution in [0.3, 0.4) is 0 Å². The molecular formula is C17H18N2O4. The van der Waals surface area contributed by atoms with Crippen LogP contribution in [-0.2, 0) is 0 Å². The zero-order valence-electron chi connectivity index (χ0n) is 13.0. The van der Waals surface area contributed by atoms with E-state index in [4.69, 9.17) is 4.74 Å². The molecule has 0 heterocycles. The molecule has 0 aliphatic carbocycles. The number of nitro groups is 1. The fourth-order valence-corrected chi connectivity index (χ4v) is 2.02. The van der Waals surface area contributed by atoms with Crippen molar-refractivity contribution in [1.29, 1.82) is 0 Å². The van der Waals surface area contributed by atoms with Crippen LogP contribution in [0.1, 0.15) is 21.5 Å². The SMILES string of the molecule is Cc1ccc(OCCNC(=O)c2ccc(C)c([N+](=O)[O-])c2)cc1. The van der Waals surface area contributed by atoms with Crippen molar-refractivity contribution in [2.24, 2.45) is 0 Å². The zero-order chi connectivity index (χ0) is 16.8. The Bertz CT molecular complexity index is 711. The number of carbonyl (C=O) groups excluding carboxylic acids is 1. The van der Waals surface area contributed by atoms with Crippen molar-refractivity contribution >= 4 is 11.6 Å². The van der Waals surface area contributed by atoms with E-state index in [2.05, 4.69) is 5.32 Å². The summed E-state index contributed by atoms with van der Waals surface area (Å²) in [5.74, 6) is 0.372. The molecule has 0 saturated heterocycles. The van der Waals surface area contributed by atoms with Gasteiger partial charge >= 0.3 is 0 Å². The average Bonchev–Trinajstić information content (AvgIpc) is 2.53. The lowest BCUT2D eigenvalue weighted by Crippen LogP contribution is -2.28. The van der Waals surface area contributed by atoms with E-state index in [9.17, 15) is 14.9 Å². The van der Waals surface area contributed by atoms with Crippen LogP contribution >= 0.6 is 0 Å². The molecule has 2 rings (SSSR count). The van der Waals surface area contributed by atoms with Gasteiger partial charge in [-0.25, -0.2) is 0 Å². The van der Waals surface area contributed by atoms with Crippen LogP contribution in [0, 0.1) is 24.0 Å². The number of benzene rings is 2. The van der Waals surface area contributed by atoms with Gasteiger partial charge in [-0.05, 0) is 32.0 Å². The fraction of sp³-hybridized carbons (Fsp3) is 0.235. The molecule has 6 nitrogen and oxygen atoms in total. The first-order valence-corrected chi connectivity index (χ1v) is 7.20. The van der Waals surface area contributed by atoms with E-state index in [1.165, 1.54) is 6.07 Å². The van der Waals surface area contributed by atoms with E-state index in [1.54, 1.807) is 19.1 Å². The topological polar surface area (TPSA) is 81.5 Å². The van der Waals surface area contributed by atoms with Crippen molar-refractivity contribution in [3.05, 3.63) is 69.3 Å². The summed E-state index contributed by atoms with van der Waals surface area (Å²) in [6.45, 7) is 4.26.